The van der Waals surface area contributed by atoms with Crippen LogP contribution < -0.4 is 10.1 Å². The predicted molar refractivity (Wildman–Crippen MR) is 104 cm³/mol. The second kappa shape index (κ2) is 7.43. The number of nitrogens with one attached hydrogen (secondary N) is 1. The van der Waals surface area contributed by atoms with E-state index in [4.69, 9.17) is 4.74 Å². The third-order valence-electron chi connectivity index (χ3n) is 5.02. The minimum atomic E-state index is -1.16. The number of carbonyl (C=O) groups is 2. The molecule has 5 heteroatoms. The molecule has 2 atom stereocenters. The highest BCUT2D eigenvalue weighted by Gasteiger charge is 2.46. The molecule has 0 aliphatic heterocycles. The van der Waals surface area contributed by atoms with Crippen molar-refractivity contribution >= 4 is 17.6 Å². The number of amides is 1. The minimum Gasteiger partial charge on any atom is -0.478 e. The van der Waals surface area contributed by atoms with Crippen LogP contribution >= 0.6 is 0 Å². The van der Waals surface area contributed by atoms with E-state index >= 15 is 0 Å². The number of anilines is 1. The van der Waals surface area contributed by atoms with Crippen molar-refractivity contribution in [3.63, 3.8) is 0 Å². The molecule has 1 saturated carbocycles. The van der Waals surface area contributed by atoms with Gasteiger partial charge in [-0.05, 0) is 80.1 Å². The molecule has 3 rings (SSSR count). The summed E-state index contributed by atoms with van der Waals surface area (Å²) in [6.07, 6.45) is 1.83. The molecule has 1 aliphatic carbocycles. The maximum absolute atomic E-state index is 12.5. The number of hydrogen-bond acceptors (Lipinski definition) is 3. The van der Waals surface area contributed by atoms with Gasteiger partial charge in [-0.15, -0.1) is 0 Å². The van der Waals surface area contributed by atoms with Gasteiger partial charge >= 0.3 is 5.97 Å². The standard InChI is InChI=1S/C22H25NO4/c1-14-8-9-22(13-14,21(25)26)27-19-6-4-17(5-7-19)20(24)23-18-11-15(2)10-16(3)12-18/h4-7,10-12,14H,8-9,13H2,1-3H3,(H,23,24)(H,25,26). The molecule has 1 fully saturated rings. The van der Waals surface area contributed by atoms with Crippen molar-refractivity contribution in [2.75, 3.05) is 5.32 Å². The van der Waals surface area contributed by atoms with Crippen LogP contribution in [0.1, 0.15) is 47.7 Å². The van der Waals surface area contributed by atoms with Crippen LogP contribution in [0.25, 0.3) is 0 Å². The molecule has 5 nitrogen and oxygen atoms in total. The number of ether oxygens (including phenoxy) is 1. The molecule has 1 amide bonds. The highest BCUT2D eigenvalue weighted by molar-refractivity contribution is 6.04. The van der Waals surface area contributed by atoms with Gasteiger partial charge in [0, 0.05) is 17.7 Å². The number of carboxylic acids is 1. The molecule has 0 bridgehead atoms. The predicted octanol–water partition coefficient (Wildman–Crippen LogP) is 4.58. The molecular formula is C22H25NO4. The summed E-state index contributed by atoms with van der Waals surface area (Å²) in [5, 5.41) is 12.5. The van der Waals surface area contributed by atoms with Gasteiger partial charge < -0.3 is 15.2 Å². The monoisotopic (exact) mass is 367 g/mol. The molecule has 1 aliphatic rings. The van der Waals surface area contributed by atoms with Crippen molar-refractivity contribution in [3.8, 4) is 5.75 Å². The third-order valence-corrected chi connectivity index (χ3v) is 5.02. The Labute approximate surface area is 159 Å². The number of carboxylic acid groups (broad SMARTS) is 1. The van der Waals surface area contributed by atoms with E-state index in [1.165, 1.54) is 0 Å². The number of rotatable bonds is 5. The van der Waals surface area contributed by atoms with E-state index in [1.807, 2.05) is 39.0 Å². The van der Waals surface area contributed by atoms with Gasteiger partial charge in [-0.3, -0.25) is 4.79 Å². The Hall–Kier alpha value is -2.82. The Balaban J connectivity index is 1.71. The lowest BCUT2D eigenvalue weighted by molar-refractivity contribution is -0.155. The van der Waals surface area contributed by atoms with Crippen molar-refractivity contribution in [2.45, 2.75) is 45.6 Å². The van der Waals surface area contributed by atoms with Crippen LogP contribution in [-0.4, -0.2) is 22.6 Å². The average molecular weight is 367 g/mol. The molecule has 27 heavy (non-hydrogen) atoms. The van der Waals surface area contributed by atoms with Gasteiger partial charge in [-0.25, -0.2) is 4.79 Å². The molecule has 2 N–H and O–H groups in total. The zero-order valence-electron chi connectivity index (χ0n) is 15.9. The fourth-order valence-corrected chi connectivity index (χ4v) is 3.73. The molecule has 2 unspecified atom stereocenters. The fraction of sp³-hybridized carbons (Fsp3) is 0.364. The molecule has 0 aromatic heterocycles. The summed E-state index contributed by atoms with van der Waals surface area (Å²) in [7, 11) is 0. The van der Waals surface area contributed by atoms with Crippen molar-refractivity contribution < 1.29 is 19.4 Å². The largest absolute Gasteiger partial charge is 0.478 e. The van der Waals surface area contributed by atoms with E-state index in [-0.39, 0.29) is 5.91 Å². The molecule has 0 spiro atoms. The molecule has 142 valence electrons. The molecule has 0 heterocycles. The van der Waals surface area contributed by atoms with Crippen molar-refractivity contribution in [1.29, 1.82) is 0 Å². The van der Waals surface area contributed by atoms with Crippen LogP contribution in [0.3, 0.4) is 0 Å². The lowest BCUT2D eigenvalue weighted by Crippen LogP contribution is -2.42. The van der Waals surface area contributed by atoms with E-state index in [2.05, 4.69) is 5.32 Å². The minimum absolute atomic E-state index is 0.214. The Morgan fingerprint density at radius 1 is 1.11 bits per heavy atom. The molecule has 0 saturated heterocycles. The maximum Gasteiger partial charge on any atom is 0.348 e. The van der Waals surface area contributed by atoms with Crippen molar-refractivity contribution in [2.24, 2.45) is 5.92 Å². The van der Waals surface area contributed by atoms with Gasteiger partial charge in [0.25, 0.3) is 5.91 Å². The van der Waals surface area contributed by atoms with Crippen LogP contribution in [-0.2, 0) is 4.79 Å². The van der Waals surface area contributed by atoms with Gasteiger partial charge in [0.05, 0.1) is 0 Å². The van der Waals surface area contributed by atoms with Crippen LogP contribution in [0.2, 0.25) is 0 Å². The van der Waals surface area contributed by atoms with E-state index in [1.54, 1.807) is 24.3 Å². The number of hydrogen-bond donors (Lipinski definition) is 2. The fourth-order valence-electron chi connectivity index (χ4n) is 3.73. The van der Waals surface area contributed by atoms with Gasteiger partial charge in [0.2, 0.25) is 5.60 Å². The van der Waals surface area contributed by atoms with Gasteiger partial charge in [0.15, 0.2) is 0 Å². The maximum atomic E-state index is 12.5. The van der Waals surface area contributed by atoms with E-state index in [0.29, 0.717) is 30.1 Å². The topological polar surface area (TPSA) is 75.6 Å². The first kappa shape index (κ1) is 19.0. The number of benzene rings is 2. The number of aliphatic carboxylic acids is 1. The summed E-state index contributed by atoms with van der Waals surface area (Å²) in [6.45, 7) is 6.00. The Kier molecular flexibility index (Phi) is 5.22. The Morgan fingerprint density at radius 3 is 2.26 bits per heavy atom. The zero-order chi connectivity index (χ0) is 19.6. The first-order valence-electron chi connectivity index (χ1n) is 9.19. The lowest BCUT2D eigenvalue weighted by atomic mass is 10.0. The molecular weight excluding hydrogens is 342 g/mol. The first-order valence-corrected chi connectivity index (χ1v) is 9.19. The highest BCUT2D eigenvalue weighted by Crippen LogP contribution is 2.38. The van der Waals surface area contributed by atoms with Crippen LogP contribution in [0.15, 0.2) is 42.5 Å². The second-order valence-corrected chi connectivity index (χ2v) is 7.60. The zero-order valence-corrected chi connectivity index (χ0v) is 15.9. The average Bonchev–Trinajstić information content (AvgIpc) is 2.96. The lowest BCUT2D eigenvalue weighted by Gasteiger charge is -2.26. The smallest absolute Gasteiger partial charge is 0.348 e. The van der Waals surface area contributed by atoms with Gasteiger partial charge in [-0.2, -0.15) is 0 Å². The Morgan fingerprint density at radius 2 is 1.74 bits per heavy atom. The molecule has 0 radical (unpaired) electrons. The number of carbonyl (C=O) groups excluding carboxylic acids is 1. The summed E-state index contributed by atoms with van der Waals surface area (Å²) in [4.78, 5) is 24.2. The SMILES string of the molecule is Cc1cc(C)cc(NC(=O)c2ccc(OC3(C(=O)O)CCC(C)C3)cc2)c1. The molecule has 2 aromatic rings. The normalized spacial score (nSPS) is 21.7. The van der Waals surface area contributed by atoms with Crippen LogP contribution in [0, 0.1) is 19.8 Å². The number of aryl methyl sites for hydroxylation is 2. The van der Waals surface area contributed by atoms with Crippen molar-refractivity contribution in [3.05, 3.63) is 59.2 Å². The quantitative estimate of drug-likeness (QED) is 0.811. The van der Waals surface area contributed by atoms with E-state index < -0.39 is 11.6 Å². The Bertz CT molecular complexity index is 839. The molecule has 2 aromatic carbocycles. The first-order chi connectivity index (χ1) is 12.8. The van der Waals surface area contributed by atoms with Crippen LogP contribution in [0.4, 0.5) is 5.69 Å². The second-order valence-electron chi connectivity index (χ2n) is 7.60. The third kappa shape index (κ3) is 4.30. The summed E-state index contributed by atoms with van der Waals surface area (Å²) in [5.74, 6) is -0.351. The van der Waals surface area contributed by atoms with Crippen LogP contribution in [0.5, 0.6) is 5.75 Å². The van der Waals surface area contributed by atoms with E-state index in [0.717, 1.165) is 23.2 Å². The summed E-state index contributed by atoms with van der Waals surface area (Å²) < 4.78 is 5.85. The van der Waals surface area contributed by atoms with Gasteiger partial charge in [0.1, 0.15) is 5.75 Å². The van der Waals surface area contributed by atoms with Gasteiger partial charge in [-0.1, -0.05) is 13.0 Å². The van der Waals surface area contributed by atoms with Crippen molar-refractivity contribution in [1.82, 2.24) is 0 Å². The summed E-state index contributed by atoms with van der Waals surface area (Å²) in [5.41, 5.74) is 2.24. The summed E-state index contributed by atoms with van der Waals surface area (Å²) in [6, 6.07) is 12.5. The van der Waals surface area contributed by atoms with E-state index in [9.17, 15) is 14.7 Å². The summed E-state index contributed by atoms with van der Waals surface area (Å²) >= 11 is 0. The highest BCUT2D eigenvalue weighted by atomic mass is 16.5.